The molecule has 0 aromatic rings. The van der Waals surface area contributed by atoms with Gasteiger partial charge in [-0.15, -0.1) is 0 Å². The number of rotatable bonds is 2. The second kappa shape index (κ2) is 4.88. The van der Waals surface area contributed by atoms with Gasteiger partial charge in [0.1, 0.15) is 0 Å². The number of hydrogen-bond donors (Lipinski definition) is 0. The largest absolute Gasteiger partial charge is 0.378 e. The molecule has 0 spiro atoms. The minimum atomic E-state index is -1.16. The standard InChI is InChI=1S/C15H27NO2Si/c1-19(2,3)13-8-10-18-15(13)11-7-9-16-12(11)5-4-6-14(16)17/h11-13,15H,4-10H2,1-3H3/t11-,12+,13+,15-/m0/s1. The average molecular weight is 281 g/mol. The quantitative estimate of drug-likeness (QED) is 0.728. The van der Waals surface area contributed by atoms with E-state index in [2.05, 4.69) is 24.5 Å². The molecule has 3 heterocycles. The third-order valence-corrected chi connectivity index (χ3v) is 8.32. The minimum absolute atomic E-state index is 0.390. The van der Waals surface area contributed by atoms with E-state index in [9.17, 15) is 4.79 Å². The van der Waals surface area contributed by atoms with Gasteiger partial charge in [-0.05, 0) is 31.2 Å². The first-order chi connectivity index (χ1) is 8.98. The molecule has 0 aliphatic carbocycles. The summed E-state index contributed by atoms with van der Waals surface area (Å²) in [5.41, 5.74) is 0.787. The van der Waals surface area contributed by atoms with Gasteiger partial charge in [-0.3, -0.25) is 4.79 Å². The molecule has 0 saturated carbocycles. The first-order valence-corrected chi connectivity index (χ1v) is 11.5. The lowest BCUT2D eigenvalue weighted by Gasteiger charge is -2.38. The summed E-state index contributed by atoms with van der Waals surface area (Å²) in [6, 6.07) is 0.489. The summed E-state index contributed by atoms with van der Waals surface area (Å²) in [7, 11) is -1.16. The fourth-order valence-corrected chi connectivity index (χ4v) is 6.82. The Labute approximate surface area is 117 Å². The van der Waals surface area contributed by atoms with E-state index >= 15 is 0 Å². The van der Waals surface area contributed by atoms with Crippen molar-refractivity contribution in [2.24, 2.45) is 5.92 Å². The topological polar surface area (TPSA) is 29.5 Å². The van der Waals surface area contributed by atoms with E-state index in [1.165, 1.54) is 19.3 Å². The lowest BCUT2D eigenvalue weighted by molar-refractivity contribution is -0.135. The monoisotopic (exact) mass is 281 g/mol. The predicted molar refractivity (Wildman–Crippen MR) is 78.9 cm³/mol. The van der Waals surface area contributed by atoms with E-state index in [4.69, 9.17) is 4.74 Å². The Morgan fingerprint density at radius 3 is 2.74 bits per heavy atom. The van der Waals surface area contributed by atoms with Crippen molar-refractivity contribution < 1.29 is 9.53 Å². The summed E-state index contributed by atoms with van der Waals surface area (Å²) in [5, 5.41) is 0. The van der Waals surface area contributed by atoms with Crippen LogP contribution in [0, 0.1) is 5.92 Å². The molecule has 3 rings (SSSR count). The molecule has 3 aliphatic heterocycles. The van der Waals surface area contributed by atoms with Gasteiger partial charge in [0.05, 0.1) is 14.2 Å². The molecule has 4 heteroatoms. The second-order valence-corrected chi connectivity index (χ2v) is 13.1. The molecular formula is C15H27NO2Si. The molecule has 0 radical (unpaired) electrons. The molecule has 3 nitrogen and oxygen atoms in total. The van der Waals surface area contributed by atoms with Gasteiger partial charge in [0, 0.05) is 31.5 Å². The van der Waals surface area contributed by atoms with Crippen molar-refractivity contribution in [3.05, 3.63) is 0 Å². The van der Waals surface area contributed by atoms with Gasteiger partial charge in [-0.25, -0.2) is 0 Å². The maximum absolute atomic E-state index is 12.0. The lowest BCUT2D eigenvalue weighted by atomic mass is 9.87. The number of carbonyl (C=O) groups excluding carboxylic acids is 1. The van der Waals surface area contributed by atoms with Crippen LogP contribution in [0.15, 0.2) is 0 Å². The fourth-order valence-electron chi connectivity index (χ4n) is 4.51. The van der Waals surface area contributed by atoms with Crippen LogP contribution >= 0.6 is 0 Å². The lowest BCUT2D eigenvalue weighted by Crippen LogP contribution is -2.46. The van der Waals surface area contributed by atoms with Crippen LogP contribution < -0.4 is 0 Å². The summed E-state index contributed by atoms with van der Waals surface area (Å²) in [5.74, 6) is 1.00. The molecule has 3 fully saturated rings. The van der Waals surface area contributed by atoms with E-state index in [1.807, 2.05) is 0 Å². The van der Waals surface area contributed by atoms with Gasteiger partial charge in [0.25, 0.3) is 0 Å². The normalized spacial score (nSPS) is 39.7. The second-order valence-electron chi connectivity index (χ2n) is 7.60. The molecule has 0 bridgehead atoms. The highest BCUT2D eigenvalue weighted by atomic mass is 28.3. The molecule has 0 unspecified atom stereocenters. The molecule has 108 valence electrons. The number of fused-ring (bicyclic) bond motifs is 1. The molecule has 0 N–H and O–H groups in total. The van der Waals surface area contributed by atoms with E-state index in [1.54, 1.807) is 0 Å². The Kier molecular flexibility index (Phi) is 3.50. The van der Waals surface area contributed by atoms with Crippen molar-refractivity contribution >= 4 is 14.0 Å². The smallest absolute Gasteiger partial charge is 0.222 e. The molecule has 3 saturated heterocycles. The molecule has 1 amide bonds. The van der Waals surface area contributed by atoms with Crippen LogP contribution in [0.4, 0.5) is 0 Å². The van der Waals surface area contributed by atoms with Gasteiger partial charge in [-0.1, -0.05) is 19.6 Å². The third-order valence-electron chi connectivity index (χ3n) is 5.48. The van der Waals surface area contributed by atoms with Crippen LogP contribution in [-0.4, -0.2) is 44.2 Å². The highest BCUT2D eigenvalue weighted by Gasteiger charge is 2.49. The molecule has 4 atom stereocenters. The van der Waals surface area contributed by atoms with Crippen molar-refractivity contribution in [3.63, 3.8) is 0 Å². The van der Waals surface area contributed by atoms with E-state index in [-0.39, 0.29) is 0 Å². The number of ether oxygens (including phenoxy) is 1. The van der Waals surface area contributed by atoms with E-state index in [0.717, 1.165) is 31.5 Å². The highest BCUT2D eigenvalue weighted by Crippen LogP contribution is 2.45. The summed E-state index contributed by atoms with van der Waals surface area (Å²) in [6.45, 7) is 9.33. The summed E-state index contributed by atoms with van der Waals surface area (Å²) in [6.07, 6.45) is 5.91. The van der Waals surface area contributed by atoms with Crippen LogP contribution in [-0.2, 0) is 9.53 Å². The molecule has 0 aromatic heterocycles. The zero-order valence-electron chi connectivity index (χ0n) is 12.5. The summed E-state index contributed by atoms with van der Waals surface area (Å²) >= 11 is 0. The number of nitrogens with zero attached hydrogens (tertiary/aromatic N) is 1. The van der Waals surface area contributed by atoms with Crippen molar-refractivity contribution in [1.29, 1.82) is 0 Å². The SMILES string of the molecule is C[Si](C)(C)[C@@H]1CCO[C@H]1[C@H]1CCN2C(=O)CCC[C@H]12. The Morgan fingerprint density at radius 2 is 2.00 bits per heavy atom. The van der Waals surface area contributed by atoms with Crippen LogP contribution in [0.1, 0.15) is 32.1 Å². The fraction of sp³-hybridized carbons (Fsp3) is 0.933. The van der Waals surface area contributed by atoms with E-state index in [0.29, 0.717) is 24.0 Å². The average Bonchev–Trinajstić information content (AvgIpc) is 2.93. The summed E-state index contributed by atoms with van der Waals surface area (Å²) < 4.78 is 6.16. The number of piperidine rings is 1. The number of carbonyl (C=O) groups is 1. The van der Waals surface area contributed by atoms with Crippen LogP contribution in [0.5, 0.6) is 0 Å². The predicted octanol–water partition coefficient (Wildman–Crippen LogP) is 2.88. The molecule has 19 heavy (non-hydrogen) atoms. The highest BCUT2D eigenvalue weighted by molar-refractivity contribution is 6.77. The number of hydrogen-bond acceptors (Lipinski definition) is 2. The zero-order valence-corrected chi connectivity index (χ0v) is 13.5. The van der Waals surface area contributed by atoms with Crippen LogP contribution in [0.2, 0.25) is 25.2 Å². The van der Waals surface area contributed by atoms with Crippen molar-refractivity contribution in [2.45, 2.75) is 69.4 Å². The van der Waals surface area contributed by atoms with Gasteiger partial charge < -0.3 is 9.64 Å². The molecular weight excluding hydrogens is 254 g/mol. The molecule has 3 aliphatic rings. The Bertz CT molecular complexity index is 366. The Morgan fingerprint density at radius 1 is 1.21 bits per heavy atom. The minimum Gasteiger partial charge on any atom is -0.378 e. The van der Waals surface area contributed by atoms with Crippen molar-refractivity contribution in [2.75, 3.05) is 13.2 Å². The van der Waals surface area contributed by atoms with Gasteiger partial charge in [0.15, 0.2) is 0 Å². The number of amides is 1. The maximum Gasteiger partial charge on any atom is 0.222 e. The molecule has 0 aromatic carbocycles. The first-order valence-electron chi connectivity index (χ1n) is 7.89. The van der Waals surface area contributed by atoms with Crippen molar-refractivity contribution in [3.8, 4) is 0 Å². The third kappa shape index (κ3) is 2.38. The van der Waals surface area contributed by atoms with E-state index < -0.39 is 8.07 Å². The zero-order chi connectivity index (χ0) is 13.6. The Hall–Kier alpha value is -0.353. The maximum atomic E-state index is 12.0. The summed E-state index contributed by atoms with van der Waals surface area (Å²) in [4.78, 5) is 14.2. The Balaban J connectivity index is 1.77. The van der Waals surface area contributed by atoms with Gasteiger partial charge in [-0.2, -0.15) is 0 Å². The van der Waals surface area contributed by atoms with Gasteiger partial charge in [0.2, 0.25) is 5.91 Å². The first kappa shape index (κ1) is 13.6. The van der Waals surface area contributed by atoms with Crippen LogP contribution in [0.25, 0.3) is 0 Å². The van der Waals surface area contributed by atoms with Crippen molar-refractivity contribution in [1.82, 2.24) is 4.90 Å². The van der Waals surface area contributed by atoms with Crippen LogP contribution in [0.3, 0.4) is 0 Å². The van der Waals surface area contributed by atoms with Gasteiger partial charge >= 0.3 is 0 Å².